The molecule has 2 heterocycles. The van der Waals surface area contributed by atoms with Crippen molar-refractivity contribution in [3.05, 3.63) is 21.0 Å². The lowest BCUT2D eigenvalue weighted by atomic mass is 10.5. The predicted molar refractivity (Wildman–Crippen MR) is 45.9 cm³/mol. The Morgan fingerprint density at radius 1 is 1.83 bits per heavy atom. The Hall–Kier alpha value is -0.880. The molecule has 1 aliphatic rings. The zero-order chi connectivity index (χ0) is 8.72. The van der Waals surface area contributed by atoms with Crippen LogP contribution in [0.5, 0.6) is 0 Å². The van der Waals surface area contributed by atoms with E-state index in [0.717, 1.165) is 0 Å². The number of halogens is 1. The first kappa shape index (κ1) is 7.75. The van der Waals surface area contributed by atoms with Crippen LogP contribution in [0.25, 0.3) is 0 Å². The van der Waals surface area contributed by atoms with Gasteiger partial charge in [0.15, 0.2) is 6.23 Å². The van der Waals surface area contributed by atoms with Crippen LogP contribution in [0, 0.1) is 0 Å². The average Bonchev–Trinajstić information content (AvgIpc) is 2.41. The number of hydrogen-bond donors (Lipinski definition) is 2. The van der Waals surface area contributed by atoms with Gasteiger partial charge < -0.3 is 10.4 Å². The predicted octanol–water partition coefficient (Wildman–Crippen LogP) is -0.0778. The minimum Gasteiger partial charge on any atom is -0.371 e. The SMILES string of the molecule is O=c1c(Br)cnc2n1C(O)CN2. The molecule has 0 fully saturated rings. The molecule has 0 radical (unpaired) electrons. The molecular weight excluding hydrogens is 226 g/mol. The number of hydrogen-bond acceptors (Lipinski definition) is 4. The van der Waals surface area contributed by atoms with Crippen molar-refractivity contribution in [3.8, 4) is 0 Å². The van der Waals surface area contributed by atoms with Gasteiger partial charge in [-0.3, -0.25) is 4.79 Å². The lowest BCUT2D eigenvalue weighted by Gasteiger charge is -2.04. The van der Waals surface area contributed by atoms with E-state index in [1.165, 1.54) is 10.8 Å². The molecule has 0 aromatic carbocycles. The summed E-state index contributed by atoms with van der Waals surface area (Å²) in [6.45, 7) is 0.332. The Balaban J connectivity index is 2.71. The van der Waals surface area contributed by atoms with Crippen LogP contribution in [0.4, 0.5) is 5.95 Å². The highest BCUT2D eigenvalue weighted by atomic mass is 79.9. The minimum atomic E-state index is -0.808. The molecule has 0 saturated carbocycles. The Morgan fingerprint density at radius 3 is 3.33 bits per heavy atom. The molecule has 0 saturated heterocycles. The summed E-state index contributed by atoms with van der Waals surface area (Å²) in [5.74, 6) is 0.413. The topological polar surface area (TPSA) is 67.2 Å². The zero-order valence-electron chi connectivity index (χ0n) is 5.99. The van der Waals surface area contributed by atoms with Crippen LogP contribution in [-0.4, -0.2) is 21.2 Å². The standard InChI is InChI=1S/C6H6BrN3O2/c7-3-1-8-6-9-2-4(11)10(6)5(3)12/h1,4,11H,2H2,(H,8,9). The van der Waals surface area contributed by atoms with E-state index in [0.29, 0.717) is 17.0 Å². The van der Waals surface area contributed by atoms with Gasteiger partial charge in [-0.05, 0) is 15.9 Å². The summed E-state index contributed by atoms with van der Waals surface area (Å²) in [6.07, 6.45) is 0.608. The van der Waals surface area contributed by atoms with E-state index in [1.54, 1.807) is 0 Å². The van der Waals surface area contributed by atoms with Crippen LogP contribution in [0.1, 0.15) is 6.23 Å². The van der Waals surface area contributed by atoms with E-state index in [9.17, 15) is 9.90 Å². The molecule has 0 bridgehead atoms. The molecule has 1 aliphatic heterocycles. The summed E-state index contributed by atoms with van der Waals surface area (Å²) in [4.78, 5) is 15.3. The first-order valence-corrected chi connectivity index (χ1v) is 4.18. The van der Waals surface area contributed by atoms with Crippen molar-refractivity contribution in [2.24, 2.45) is 0 Å². The Kier molecular flexibility index (Phi) is 1.66. The van der Waals surface area contributed by atoms with Gasteiger partial charge in [0.1, 0.15) is 4.47 Å². The molecule has 1 aromatic rings. The number of fused-ring (bicyclic) bond motifs is 1. The van der Waals surface area contributed by atoms with Crippen molar-refractivity contribution >= 4 is 21.9 Å². The second-order valence-electron chi connectivity index (χ2n) is 2.47. The first-order chi connectivity index (χ1) is 5.70. The average molecular weight is 232 g/mol. The van der Waals surface area contributed by atoms with Gasteiger partial charge >= 0.3 is 0 Å². The molecule has 64 valence electrons. The lowest BCUT2D eigenvalue weighted by Crippen LogP contribution is -2.23. The van der Waals surface area contributed by atoms with Gasteiger partial charge in [0.25, 0.3) is 5.56 Å². The lowest BCUT2D eigenvalue weighted by molar-refractivity contribution is 0.127. The number of nitrogens with one attached hydrogen (secondary N) is 1. The fourth-order valence-electron chi connectivity index (χ4n) is 1.13. The number of aliphatic hydroxyl groups excluding tert-OH is 1. The van der Waals surface area contributed by atoms with Gasteiger partial charge in [-0.1, -0.05) is 0 Å². The van der Waals surface area contributed by atoms with Gasteiger partial charge in [0.05, 0.1) is 12.7 Å². The summed E-state index contributed by atoms with van der Waals surface area (Å²) < 4.78 is 1.57. The summed E-state index contributed by atoms with van der Waals surface area (Å²) in [7, 11) is 0. The summed E-state index contributed by atoms with van der Waals surface area (Å²) in [5, 5.41) is 12.1. The highest BCUT2D eigenvalue weighted by molar-refractivity contribution is 9.10. The summed E-state index contributed by atoms with van der Waals surface area (Å²) in [5.41, 5.74) is -0.266. The van der Waals surface area contributed by atoms with E-state index in [4.69, 9.17) is 0 Å². The van der Waals surface area contributed by atoms with Crippen LogP contribution in [-0.2, 0) is 0 Å². The van der Waals surface area contributed by atoms with Gasteiger partial charge in [0, 0.05) is 0 Å². The van der Waals surface area contributed by atoms with Crippen LogP contribution >= 0.6 is 15.9 Å². The van der Waals surface area contributed by atoms with Crippen LogP contribution < -0.4 is 10.9 Å². The van der Waals surface area contributed by atoms with E-state index < -0.39 is 6.23 Å². The number of rotatable bonds is 0. The van der Waals surface area contributed by atoms with Gasteiger partial charge in [-0.25, -0.2) is 9.55 Å². The molecule has 1 aromatic heterocycles. The number of aromatic nitrogens is 2. The van der Waals surface area contributed by atoms with Crippen LogP contribution in [0.3, 0.4) is 0 Å². The van der Waals surface area contributed by atoms with Crippen molar-refractivity contribution in [2.45, 2.75) is 6.23 Å². The third-order valence-corrected chi connectivity index (χ3v) is 2.24. The smallest absolute Gasteiger partial charge is 0.271 e. The quantitative estimate of drug-likeness (QED) is 0.656. The molecule has 0 aliphatic carbocycles. The van der Waals surface area contributed by atoms with E-state index in [2.05, 4.69) is 26.2 Å². The van der Waals surface area contributed by atoms with E-state index in [-0.39, 0.29) is 5.56 Å². The zero-order valence-corrected chi connectivity index (χ0v) is 7.58. The molecule has 0 spiro atoms. The minimum absolute atomic E-state index is 0.266. The van der Waals surface area contributed by atoms with Crippen molar-refractivity contribution in [1.82, 2.24) is 9.55 Å². The maximum atomic E-state index is 11.3. The van der Waals surface area contributed by atoms with Crippen molar-refractivity contribution in [1.29, 1.82) is 0 Å². The fraction of sp³-hybridized carbons (Fsp3) is 0.333. The van der Waals surface area contributed by atoms with Crippen molar-refractivity contribution in [3.63, 3.8) is 0 Å². The third kappa shape index (κ3) is 0.953. The Morgan fingerprint density at radius 2 is 2.58 bits per heavy atom. The molecule has 0 amide bonds. The highest BCUT2D eigenvalue weighted by Gasteiger charge is 2.21. The molecule has 2 rings (SSSR count). The maximum Gasteiger partial charge on any atom is 0.271 e. The number of aliphatic hydroxyl groups is 1. The molecule has 5 nitrogen and oxygen atoms in total. The van der Waals surface area contributed by atoms with Crippen molar-refractivity contribution < 1.29 is 5.11 Å². The number of β-amino-alcohol motifs (C(OH)–C–C–N with tert-alkyl or cyclic N) is 1. The number of nitrogens with zero attached hydrogens (tertiary/aromatic N) is 2. The molecule has 6 heteroatoms. The van der Waals surface area contributed by atoms with E-state index >= 15 is 0 Å². The first-order valence-electron chi connectivity index (χ1n) is 3.39. The molecule has 12 heavy (non-hydrogen) atoms. The van der Waals surface area contributed by atoms with Crippen LogP contribution in [0.2, 0.25) is 0 Å². The highest BCUT2D eigenvalue weighted by Crippen LogP contribution is 2.16. The number of anilines is 1. The molecule has 2 N–H and O–H groups in total. The normalized spacial score (nSPS) is 20.3. The van der Waals surface area contributed by atoms with Gasteiger partial charge in [-0.2, -0.15) is 0 Å². The van der Waals surface area contributed by atoms with Gasteiger partial charge in [-0.15, -0.1) is 0 Å². The van der Waals surface area contributed by atoms with Crippen LogP contribution in [0.15, 0.2) is 15.5 Å². The van der Waals surface area contributed by atoms with Gasteiger partial charge in [0.2, 0.25) is 5.95 Å². The van der Waals surface area contributed by atoms with Crippen molar-refractivity contribution in [2.75, 3.05) is 11.9 Å². The maximum absolute atomic E-state index is 11.3. The Bertz CT molecular complexity index is 376. The molecule has 1 unspecified atom stereocenters. The monoisotopic (exact) mass is 231 g/mol. The largest absolute Gasteiger partial charge is 0.371 e. The fourth-order valence-corrected chi connectivity index (χ4v) is 1.42. The third-order valence-electron chi connectivity index (χ3n) is 1.69. The Labute approximate surface area is 76.2 Å². The summed E-state index contributed by atoms with van der Waals surface area (Å²) in [6, 6.07) is 0. The molecular formula is C6H6BrN3O2. The summed E-state index contributed by atoms with van der Waals surface area (Å²) >= 11 is 3.04. The second-order valence-corrected chi connectivity index (χ2v) is 3.32. The molecule has 1 atom stereocenters. The van der Waals surface area contributed by atoms with E-state index in [1.807, 2.05) is 0 Å². The second kappa shape index (κ2) is 2.56.